The van der Waals surface area contributed by atoms with Gasteiger partial charge in [0.15, 0.2) is 5.82 Å². The molecule has 0 unspecified atom stereocenters. The summed E-state index contributed by atoms with van der Waals surface area (Å²) >= 11 is 0. The molecule has 2 aromatic rings. The molecule has 0 fully saturated rings. The molecule has 0 aliphatic rings. The van der Waals surface area contributed by atoms with E-state index in [9.17, 15) is 18.0 Å². The number of halogens is 3. The molecular formula is C21H25F3N2O3. The second-order valence-corrected chi connectivity index (χ2v) is 7.69. The van der Waals surface area contributed by atoms with Crippen molar-refractivity contribution in [2.75, 3.05) is 14.2 Å². The molecule has 0 N–H and O–H groups in total. The first-order chi connectivity index (χ1) is 13.4. The van der Waals surface area contributed by atoms with E-state index in [1.807, 2.05) is 0 Å². The Morgan fingerprint density at radius 2 is 1.79 bits per heavy atom. The Balaban J connectivity index is 2.27. The number of pyridine rings is 1. The second-order valence-electron chi connectivity index (χ2n) is 7.69. The molecule has 1 amide bonds. The van der Waals surface area contributed by atoms with E-state index in [1.54, 1.807) is 39.0 Å². The molecule has 29 heavy (non-hydrogen) atoms. The highest BCUT2D eigenvalue weighted by molar-refractivity contribution is 5.67. The Morgan fingerprint density at radius 1 is 1.17 bits per heavy atom. The summed E-state index contributed by atoms with van der Waals surface area (Å²) in [5, 5.41) is 0. The van der Waals surface area contributed by atoms with Crippen LogP contribution < -0.4 is 4.74 Å². The number of hydrogen-bond donors (Lipinski definition) is 0. The van der Waals surface area contributed by atoms with Crippen LogP contribution in [0.15, 0.2) is 36.4 Å². The number of benzene rings is 1. The average molecular weight is 410 g/mol. The molecule has 0 spiro atoms. The molecule has 0 aliphatic heterocycles. The van der Waals surface area contributed by atoms with E-state index >= 15 is 0 Å². The van der Waals surface area contributed by atoms with Gasteiger partial charge in [0.2, 0.25) is 5.88 Å². The summed E-state index contributed by atoms with van der Waals surface area (Å²) in [6.07, 6.45) is -1.34. The van der Waals surface area contributed by atoms with Gasteiger partial charge in [-0.2, -0.15) is 8.78 Å². The number of alkyl halides is 2. The van der Waals surface area contributed by atoms with Crippen molar-refractivity contribution >= 4 is 6.09 Å². The van der Waals surface area contributed by atoms with E-state index < -0.39 is 35.5 Å². The molecule has 0 aliphatic carbocycles. The van der Waals surface area contributed by atoms with Crippen molar-refractivity contribution in [1.82, 2.24) is 9.88 Å². The number of ether oxygens (including phenoxy) is 2. The third-order valence-electron chi connectivity index (χ3n) is 3.94. The Morgan fingerprint density at radius 3 is 2.34 bits per heavy atom. The number of amides is 1. The molecular weight excluding hydrogens is 385 g/mol. The number of aromatic nitrogens is 1. The van der Waals surface area contributed by atoms with Crippen molar-refractivity contribution < 1.29 is 27.4 Å². The summed E-state index contributed by atoms with van der Waals surface area (Å²) in [7, 11) is 2.69. The standard InChI is InChI=1S/C21H25F3N2O3/c1-20(2,3)29-19(27)26(4)13-15-11-16(22)17(25-18(15)28-5)21(23,24)12-14-9-7-6-8-10-14/h6-11H,12-13H2,1-5H3. The van der Waals surface area contributed by atoms with Crippen molar-refractivity contribution in [2.24, 2.45) is 0 Å². The molecule has 1 aromatic carbocycles. The maximum absolute atomic E-state index is 14.7. The molecule has 2 rings (SSSR count). The van der Waals surface area contributed by atoms with Crippen LogP contribution in [-0.2, 0) is 23.6 Å². The van der Waals surface area contributed by atoms with Gasteiger partial charge in [-0.3, -0.25) is 0 Å². The normalized spacial score (nSPS) is 11.9. The van der Waals surface area contributed by atoms with Crippen LogP contribution in [0.1, 0.15) is 37.6 Å². The van der Waals surface area contributed by atoms with Crippen LogP contribution in [0.2, 0.25) is 0 Å². The third kappa shape index (κ3) is 6.10. The summed E-state index contributed by atoms with van der Waals surface area (Å²) in [5.74, 6) is -4.88. The highest BCUT2D eigenvalue weighted by Crippen LogP contribution is 2.35. The molecule has 1 aromatic heterocycles. The number of methoxy groups -OCH3 is 1. The first-order valence-electron chi connectivity index (χ1n) is 9.02. The van der Waals surface area contributed by atoms with Gasteiger partial charge >= 0.3 is 6.09 Å². The van der Waals surface area contributed by atoms with Crippen LogP contribution in [0, 0.1) is 5.82 Å². The number of carbonyl (C=O) groups excluding carboxylic acids is 1. The molecule has 1 heterocycles. The SMILES string of the molecule is COc1nc(C(F)(F)Cc2ccccc2)c(F)cc1CN(C)C(=O)OC(C)(C)C. The predicted molar refractivity (Wildman–Crippen MR) is 102 cm³/mol. The maximum Gasteiger partial charge on any atom is 0.410 e. The largest absolute Gasteiger partial charge is 0.481 e. The van der Waals surface area contributed by atoms with E-state index in [0.717, 1.165) is 6.07 Å². The molecule has 8 heteroatoms. The zero-order valence-electron chi connectivity index (χ0n) is 17.1. The van der Waals surface area contributed by atoms with Crippen molar-refractivity contribution in [1.29, 1.82) is 0 Å². The molecule has 0 atom stereocenters. The minimum absolute atomic E-state index is 0.119. The first-order valence-corrected chi connectivity index (χ1v) is 9.02. The van der Waals surface area contributed by atoms with E-state index in [1.165, 1.54) is 31.2 Å². The lowest BCUT2D eigenvalue weighted by Crippen LogP contribution is -2.34. The Labute approximate surface area is 168 Å². The van der Waals surface area contributed by atoms with Crippen LogP contribution in [-0.4, -0.2) is 35.7 Å². The monoisotopic (exact) mass is 410 g/mol. The van der Waals surface area contributed by atoms with Gasteiger partial charge in [0, 0.05) is 19.0 Å². The Kier molecular flexibility index (Phi) is 6.77. The van der Waals surface area contributed by atoms with Crippen LogP contribution in [0.4, 0.5) is 18.0 Å². The lowest BCUT2D eigenvalue weighted by molar-refractivity contribution is -0.0127. The van der Waals surface area contributed by atoms with Gasteiger partial charge in [0.05, 0.1) is 13.7 Å². The van der Waals surface area contributed by atoms with Crippen molar-refractivity contribution in [3.63, 3.8) is 0 Å². The highest BCUT2D eigenvalue weighted by Gasteiger charge is 2.38. The fourth-order valence-electron chi connectivity index (χ4n) is 2.65. The topological polar surface area (TPSA) is 51.7 Å². The summed E-state index contributed by atoms with van der Waals surface area (Å²) in [5.41, 5.74) is -1.20. The van der Waals surface area contributed by atoms with E-state index in [2.05, 4.69) is 4.98 Å². The van der Waals surface area contributed by atoms with Gasteiger partial charge in [-0.25, -0.2) is 14.2 Å². The molecule has 0 bridgehead atoms. The summed E-state index contributed by atoms with van der Waals surface area (Å²) in [6, 6.07) is 8.96. The number of carbonyl (C=O) groups is 1. The quantitative estimate of drug-likeness (QED) is 0.678. The molecule has 0 saturated heterocycles. The summed E-state index contributed by atoms with van der Waals surface area (Å²) in [6.45, 7) is 5.02. The van der Waals surface area contributed by atoms with E-state index in [4.69, 9.17) is 9.47 Å². The maximum atomic E-state index is 14.7. The first kappa shape index (κ1) is 22.5. The van der Waals surface area contributed by atoms with Crippen LogP contribution in [0.3, 0.4) is 0 Å². The Hall–Kier alpha value is -2.77. The molecule has 0 radical (unpaired) electrons. The lowest BCUT2D eigenvalue weighted by atomic mass is 10.0. The number of hydrogen-bond acceptors (Lipinski definition) is 4. The average Bonchev–Trinajstić information content (AvgIpc) is 2.60. The molecule has 158 valence electrons. The highest BCUT2D eigenvalue weighted by atomic mass is 19.3. The minimum Gasteiger partial charge on any atom is -0.481 e. The second kappa shape index (κ2) is 8.71. The van der Waals surface area contributed by atoms with Gasteiger partial charge < -0.3 is 14.4 Å². The van der Waals surface area contributed by atoms with Crippen molar-refractivity contribution in [3.05, 3.63) is 59.0 Å². The van der Waals surface area contributed by atoms with Gasteiger partial charge in [-0.15, -0.1) is 0 Å². The summed E-state index contributed by atoms with van der Waals surface area (Å²) < 4.78 is 54.2. The number of nitrogens with zero attached hydrogens (tertiary/aromatic N) is 2. The Bertz CT molecular complexity index is 852. The zero-order chi connectivity index (χ0) is 21.8. The van der Waals surface area contributed by atoms with Gasteiger partial charge in [0.1, 0.15) is 11.3 Å². The molecule has 5 nitrogen and oxygen atoms in total. The van der Waals surface area contributed by atoms with Gasteiger partial charge in [0.25, 0.3) is 5.92 Å². The molecule has 0 saturated carbocycles. The van der Waals surface area contributed by atoms with Crippen molar-refractivity contribution in [2.45, 2.75) is 45.3 Å². The fraction of sp³-hybridized carbons (Fsp3) is 0.429. The smallest absolute Gasteiger partial charge is 0.410 e. The lowest BCUT2D eigenvalue weighted by Gasteiger charge is -2.25. The predicted octanol–water partition coefficient (Wildman–Crippen LogP) is 4.93. The van der Waals surface area contributed by atoms with Crippen molar-refractivity contribution in [3.8, 4) is 5.88 Å². The minimum atomic E-state index is -3.53. The number of rotatable bonds is 6. The fourth-order valence-corrected chi connectivity index (χ4v) is 2.65. The van der Waals surface area contributed by atoms with Crippen LogP contribution in [0.5, 0.6) is 5.88 Å². The zero-order valence-corrected chi connectivity index (χ0v) is 17.1. The summed E-state index contributed by atoms with van der Waals surface area (Å²) in [4.78, 5) is 17.0. The van der Waals surface area contributed by atoms with Crippen LogP contribution >= 0.6 is 0 Å². The third-order valence-corrected chi connectivity index (χ3v) is 3.94. The van der Waals surface area contributed by atoms with Gasteiger partial charge in [-0.05, 0) is 32.4 Å². The van der Waals surface area contributed by atoms with Crippen LogP contribution in [0.25, 0.3) is 0 Å². The van der Waals surface area contributed by atoms with Gasteiger partial charge in [-0.1, -0.05) is 30.3 Å². The van der Waals surface area contributed by atoms with E-state index in [0.29, 0.717) is 5.56 Å². The van der Waals surface area contributed by atoms with E-state index in [-0.39, 0.29) is 18.0 Å².